The van der Waals surface area contributed by atoms with Gasteiger partial charge in [-0.25, -0.2) is 0 Å². The molecule has 0 saturated carbocycles. The molecule has 0 unspecified atom stereocenters. The van der Waals surface area contributed by atoms with Crippen molar-refractivity contribution in [3.63, 3.8) is 0 Å². The quantitative estimate of drug-likeness (QED) is 0.642. The molecule has 2 aromatic carbocycles. The summed E-state index contributed by atoms with van der Waals surface area (Å²) in [7, 11) is 0. The third-order valence-electron chi connectivity index (χ3n) is 3.39. The van der Waals surface area contributed by atoms with E-state index < -0.39 is 0 Å². The highest BCUT2D eigenvalue weighted by Gasteiger charge is 2.10. The van der Waals surface area contributed by atoms with Gasteiger partial charge in [0, 0.05) is 21.0 Å². The summed E-state index contributed by atoms with van der Waals surface area (Å²) in [5.41, 5.74) is 1.45. The van der Waals surface area contributed by atoms with Gasteiger partial charge in [0.25, 0.3) is 0 Å². The van der Waals surface area contributed by atoms with E-state index in [9.17, 15) is 4.79 Å². The number of aryl methyl sites for hydroxylation is 1. The lowest BCUT2D eigenvalue weighted by atomic mass is 10.3. The lowest BCUT2D eigenvalue weighted by molar-refractivity contribution is -0.116. The number of hydrogen-bond donors (Lipinski definition) is 1. The van der Waals surface area contributed by atoms with Crippen LogP contribution < -0.4 is 5.32 Å². The van der Waals surface area contributed by atoms with E-state index in [4.69, 9.17) is 23.2 Å². The van der Waals surface area contributed by atoms with Crippen molar-refractivity contribution in [2.75, 3.05) is 5.32 Å². The van der Waals surface area contributed by atoms with Crippen LogP contribution in [0.15, 0.2) is 64.5 Å². The molecule has 3 aromatic rings. The van der Waals surface area contributed by atoms with Gasteiger partial charge in [-0.05, 0) is 43.3 Å². The van der Waals surface area contributed by atoms with Gasteiger partial charge in [0.2, 0.25) is 5.91 Å². The second-order valence-electron chi connectivity index (χ2n) is 5.36. The van der Waals surface area contributed by atoms with Crippen LogP contribution in [0, 0.1) is 6.92 Å². The molecule has 0 bridgehead atoms. The molecule has 0 aliphatic heterocycles. The maximum Gasteiger partial charge on any atom is 0.246 e. The number of hydrogen-bond acceptors (Lipinski definition) is 3. The van der Waals surface area contributed by atoms with Crippen LogP contribution in [-0.2, 0) is 11.3 Å². The summed E-state index contributed by atoms with van der Waals surface area (Å²) in [5.74, 6) is -0.164. The molecule has 1 aromatic heterocycles. The highest BCUT2D eigenvalue weighted by atomic mass is 35.5. The molecule has 0 atom stereocenters. The van der Waals surface area contributed by atoms with Crippen molar-refractivity contribution in [2.24, 2.45) is 0 Å². The Morgan fingerprint density at radius 3 is 2.56 bits per heavy atom. The summed E-state index contributed by atoms with van der Waals surface area (Å²) in [6, 6.07) is 15.2. The van der Waals surface area contributed by atoms with Crippen LogP contribution in [0.5, 0.6) is 0 Å². The van der Waals surface area contributed by atoms with Gasteiger partial charge in [0.15, 0.2) is 0 Å². The number of amides is 1. The average molecular weight is 392 g/mol. The predicted molar refractivity (Wildman–Crippen MR) is 103 cm³/mol. The van der Waals surface area contributed by atoms with E-state index in [0.29, 0.717) is 15.7 Å². The topological polar surface area (TPSA) is 46.9 Å². The van der Waals surface area contributed by atoms with Crippen LogP contribution in [0.3, 0.4) is 0 Å². The minimum absolute atomic E-state index is 0.105. The summed E-state index contributed by atoms with van der Waals surface area (Å²) >= 11 is 13.5. The van der Waals surface area contributed by atoms with Gasteiger partial charge in [-0.2, -0.15) is 5.10 Å². The zero-order valence-corrected chi connectivity index (χ0v) is 15.7. The fourth-order valence-electron chi connectivity index (χ4n) is 2.20. The van der Waals surface area contributed by atoms with Crippen molar-refractivity contribution in [1.29, 1.82) is 0 Å². The van der Waals surface area contributed by atoms with E-state index in [1.54, 1.807) is 24.9 Å². The molecular formula is C18H15Cl2N3OS. The van der Waals surface area contributed by atoms with E-state index in [1.807, 2.05) is 48.5 Å². The number of rotatable bonds is 5. The van der Waals surface area contributed by atoms with Crippen molar-refractivity contribution in [3.05, 3.63) is 70.5 Å². The maximum absolute atomic E-state index is 12.3. The van der Waals surface area contributed by atoms with Crippen molar-refractivity contribution in [3.8, 4) is 0 Å². The van der Waals surface area contributed by atoms with E-state index in [0.717, 1.165) is 15.5 Å². The van der Waals surface area contributed by atoms with Crippen molar-refractivity contribution < 1.29 is 4.79 Å². The molecular weight excluding hydrogens is 377 g/mol. The summed E-state index contributed by atoms with van der Waals surface area (Å²) in [6.07, 6.45) is 1.64. The normalized spacial score (nSPS) is 10.7. The van der Waals surface area contributed by atoms with Crippen LogP contribution in [0.2, 0.25) is 10.0 Å². The first kappa shape index (κ1) is 17.9. The summed E-state index contributed by atoms with van der Waals surface area (Å²) in [6.45, 7) is 1.91. The number of nitrogens with one attached hydrogen (secondary N) is 1. The van der Waals surface area contributed by atoms with E-state index in [-0.39, 0.29) is 12.5 Å². The zero-order chi connectivity index (χ0) is 17.8. The second kappa shape index (κ2) is 7.95. The van der Waals surface area contributed by atoms with E-state index in [1.165, 1.54) is 4.68 Å². The molecule has 4 nitrogen and oxygen atoms in total. The molecule has 1 N–H and O–H groups in total. The number of halogens is 2. The number of para-hydroxylation sites is 1. The summed E-state index contributed by atoms with van der Waals surface area (Å²) < 4.78 is 1.53. The first-order valence-corrected chi connectivity index (χ1v) is 9.10. The number of benzene rings is 2. The SMILES string of the molecule is Cc1nn(CC(=O)Nc2ccccc2Sc2ccc(Cl)cc2)cc1Cl. The Morgan fingerprint density at radius 1 is 1.16 bits per heavy atom. The monoisotopic (exact) mass is 391 g/mol. The Balaban J connectivity index is 1.71. The van der Waals surface area contributed by atoms with Gasteiger partial charge in [-0.15, -0.1) is 0 Å². The molecule has 0 aliphatic rings. The van der Waals surface area contributed by atoms with Crippen LogP contribution in [0.1, 0.15) is 5.69 Å². The van der Waals surface area contributed by atoms with Crippen LogP contribution in [0.25, 0.3) is 0 Å². The Labute approximate surface area is 160 Å². The number of carbonyl (C=O) groups is 1. The molecule has 128 valence electrons. The largest absolute Gasteiger partial charge is 0.323 e. The van der Waals surface area contributed by atoms with Crippen LogP contribution in [-0.4, -0.2) is 15.7 Å². The highest BCUT2D eigenvalue weighted by Crippen LogP contribution is 2.33. The van der Waals surface area contributed by atoms with Crippen LogP contribution >= 0.6 is 35.0 Å². The Morgan fingerprint density at radius 2 is 1.88 bits per heavy atom. The average Bonchev–Trinajstić information content (AvgIpc) is 2.89. The van der Waals surface area contributed by atoms with Gasteiger partial charge in [0.1, 0.15) is 6.54 Å². The Bertz CT molecular complexity index is 874. The van der Waals surface area contributed by atoms with E-state index >= 15 is 0 Å². The van der Waals surface area contributed by atoms with E-state index in [2.05, 4.69) is 10.4 Å². The minimum Gasteiger partial charge on any atom is -0.323 e. The summed E-state index contributed by atoms with van der Waals surface area (Å²) in [4.78, 5) is 14.3. The van der Waals surface area contributed by atoms with Gasteiger partial charge < -0.3 is 5.32 Å². The fraction of sp³-hybridized carbons (Fsp3) is 0.111. The van der Waals surface area contributed by atoms with Gasteiger partial charge >= 0.3 is 0 Å². The molecule has 0 radical (unpaired) electrons. The molecule has 0 fully saturated rings. The molecule has 0 spiro atoms. The third-order valence-corrected chi connectivity index (χ3v) is 5.10. The molecule has 1 heterocycles. The molecule has 0 saturated heterocycles. The van der Waals surface area contributed by atoms with Gasteiger partial charge in [-0.1, -0.05) is 47.1 Å². The first-order chi connectivity index (χ1) is 12.0. The zero-order valence-electron chi connectivity index (χ0n) is 13.4. The molecule has 3 rings (SSSR count). The predicted octanol–water partition coefficient (Wildman–Crippen LogP) is 5.29. The smallest absolute Gasteiger partial charge is 0.246 e. The number of carbonyl (C=O) groups excluding carboxylic acids is 1. The lowest BCUT2D eigenvalue weighted by Crippen LogP contribution is -2.19. The number of anilines is 1. The minimum atomic E-state index is -0.164. The van der Waals surface area contributed by atoms with Crippen LogP contribution in [0.4, 0.5) is 5.69 Å². The molecule has 25 heavy (non-hydrogen) atoms. The molecule has 7 heteroatoms. The summed E-state index contributed by atoms with van der Waals surface area (Å²) in [5, 5.41) is 8.37. The van der Waals surface area contributed by atoms with Crippen molar-refractivity contribution in [1.82, 2.24) is 9.78 Å². The van der Waals surface area contributed by atoms with Gasteiger partial charge in [0.05, 0.1) is 16.4 Å². The van der Waals surface area contributed by atoms with Crippen molar-refractivity contribution >= 4 is 46.6 Å². The van der Waals surface area contributed by atoms with Gasteiger partial charge in [-0.3, -0.25) is 9.48 Å². The second-order valence-corrected chi connectivity index (χ2v) is 7.32. The maximum atomic E-state index is 12.3. The third kappa shape index (κ3) is 4.78. The Kier molecular flexibility index (Phi) is 5.68. The lowest BCUT2D eigenvalue weighted by Gasteiger charge is -2.11. The first-order valence-electron chi connectivity index (χ1n) is 7.53. The number of aromatic nitrogens is 2. The molecule has 0 aliphatic carbocycles. The highest BCUT2D eigenvalue weighted by molar-refractivity contribution is 7.99. The molecule has 1 amide bonds. The standard InChI is InChI=1S/C18H15Cl2N3OS/c1-12-15(20)10-23(22-12)11-18(24)21-16-4-2-3-5-17(16)25-14-8-6-13(19)7-9-14/h2-10H,11H2,1H3,(H,21,24). The number of nitrogens with zero attached hydrogens (tertiary/aromatic N) is 2. The van der Waals surface area contributed by atoms with Crippen molar-refractivity contribution in [2.45, 2.75) is 23.3 Å². The fourth-order valence-corrected chi connectivity index (χ4v) is 3.38. The Hall–Kier alpha value is -1.95.